The number of nitrogens with one attached hydrogen (secondary N) is 1. The van der Waals surface area contributed by atoms with Crippen molar-refractivity contribution in [3.8, 4) is 0 Å². The van der Waals surface area contributed by atoms with Gasteiger partial charge in [0.05, 0.1) is 12.6 Å². The molecule has 20 heavy (non-hydrogen) atoms. The van der Waals surface area contributed by atoms with E-state index in [0.717, 1.165) is 12.8 Å². The molecule has 1 aliphatic carbocycles. The van der Waals surface area contributed by atoms with Crippen LogP contribution in [-0.4, -0.2) is 48.1 Å². The zero-order chi connectivity index (χ0) is 15.1. The number of hydrogen-bond donors (Lipinski definition) is 1. The van der Waals surface area contributed by atoms with Crippen molar-refractivity contribution in [2.75, 3.05) is 13.7 Å². The van der Waals surface area contributed by atoms with E-state index in [0.29, 0.717) is 6.61 Å². The number of nitrogens with zero attached hydrogens (tertiary/aromatic N) is 1. The van der Waals surface area contributed by atoms with Crippen LogP contribution in [0.2, 0.25) is 0 Å². The van der Waals surface area contributed by atoms with Crippen LogP contribution in [0.3, 0.4) is 0 Å². The predicted molar refractivity (Wildman–Crippen MR) is 76.1 cm³/mol. The van der Waals surface area contributed by atoms with Gasteiger partial charge in [0.1, 0.15) is 11.6 Å². The number of carbonyl (C=O) groups excluding carboxylic acids is 2. The number of ether oxygens (including phenoxy) is 1. The van der Waals surface area contributed by atoms with E-state index in [2.05, 4.69) is 19.2 Å². The largest absolute Gasteiger partial charge is 0.383 e. The lowest BCUT2D eigenvalue weighted by Crippen LogP contribution is -2.72. The van der Waals surface area contributed by atoms with Gasteiger partial charge in [0.15, 0.2) is 0 Å². The van der Waals surface area contributed by atoms with Gasteiger partial charge in [-0.25, -0.2) is 0 Å². The maximum Gasteiger partial charge on any atom is 0.249 e. The highest BCUT2D eigenvalue weighted by Crippen LogP contribution is 2.42. The molecule has 0 aromatic heterocycles. The molecule has 2 aliphatic rings. The fraction of sp³-hybridized carbons (Fsp3) is 0.867. The first-order chi connectivity index (χ1) is 9.32. The van der Waals surface area contributed by atoms with Crippen molar-refractivity contribution in [1.29, 1.82) is 0 Å². The van der Waals surface area contributed by atoms with Crippen molar-refractivity contribution in [2.24, 2.45) is 11.8 Å². The maximum absolute atomic E-state index is 13.0. The van der Waals surface area contributed by atoms with E-state index >= 15 is 0 Å². The summed E-state index contributed by atoms with van der Waals surface area (Å²) in [4.78, 5) is 27.0. The smallest absolute Gasteiger partial charge is 0.249 e. The van der Waals surface area contributed by atoms with Crippen molar-refractivity contribution < 1.29 is 14.3 Å². The van der Waals surface area contributed by atoms with Gasteiger partial charge in [0.25, 0.3) is 0 Å². The van der Waals surface area contributed by atoms with Crippen molar-refractivity contribution in [3.63, 3.8) is 0 Å². The third kappa shape index (κ3) is 2.43. The van der Waals surface area contributed by atoms with E-state index in [1.165, 1.54) is 0 Å². The van der Waals surface area contributed by atoms with Crippen molar-refractivity contribution >= 4 is 11.8 Å². The summed E-state index contributed by atoms with van der Waals surface area (Å²) in [6.45, 7) is 8.25. The second kappa shape index (κ2) is 5.35. The number of hydrogen-bond acceptors (Lipinski definition) is 3. The van der Waals surface area contributed by atoms with E-state index in [1.807, 2.05) is 6.92 Å². The maximum atomic E-state index is 13.0. The Labute approximate surface area is 121 Å². The molecular weight excluding hydrogens is 256 g/mol. The van der Waals surface area contributed by atoms with Crippen molar-refractivity contribution in [2.45, 2.75) is 58.2 Å². The topological polar surface area (TPSA) is 58.6 Å². The van der Waals surface area contributed by atoms with Crippen molar-refractivity contribution in [1.82, 2.24) is 10.2 Å². The van der Waals surface area contributed by atoms with E-state index in [-0.39, 0.29) is 29.7 Å². The van der Waals surface area contributed by atoms with Gasteiger partial charge in [-0.15, -0.1) is 0 Å². The van der Waals surface area contributed by atoms with Gasteiger partial charge in [-0.05, 0) is 38.5 Å². The van der Waals surface area contributed by atoms with Gasteiger partial charge in [-0.1, -0.05) is 13.8 Å². The Morgan fingerprint density at radius 1 is 1.40 bits per heavy atom. The molecule has 1 saturated heterocycles. The molecule has 1 saturated carbocycles. The van der Waals surface area contributed by atoms with Crippen LogP contribution in [0.1, 0.15) is 40.5 Å². The molecule has 1 N–H and O–H groups in total. The molecule has 2 amide bonds. The van der Waals surface area contributed by atoms with Crippen LogP contribution in [0, 0.1) is 11.8 Å². The summed E-state index contributed by atoms with van der Waals surface area (Å²) in [5, 5.41) is 2.95. The standard InChI is InChI=1S/C15H26N2O3/c1-9(2)12(8-20-5)17-10(3)13(18)16-15(4,14(17)19)11-6-7-11/h9-12H,6-8H2,1-5H3,(H,16,18). The minimum absolute atomic E-state index is 0.0443. The molecule has 5 heteroatoms. The van der Waals surface area contributed by atoms with Crippen LogP contribution >= 0.6 is 0 Å². The Bertz CT molecular complexity index is 406. The number of piperazine rings is 1. The SMILES string of the molecule is COCC(C(C)C)N1C(=O)C(C)(C2CC2)NC(=O)C1C. The Morgan fingerprint density at radius 2 is 2.00 bits per heavy atom. The molecular formula is C15H26N2O3. The van der Waals surface area contributed by atoms with Crippen LogP contribution in [0.4, 0.5) is 0 Å². The Balaban J connectivity index is 2.32. The molecule has 3 atom stereocenters. The molecule has 0 radical (unpaired) electrons. The van der Waals surface area contributed by atoms with Crippen LogP contribution in [-0.2, 0) is 14.3 Å². The molecule has 0 aromatic rings. The summed E-state index contributed by atoms with van der Waals surface area (Å²) in [5.41, 5.74) is -0.732. The minimum atomic E-state index is -0.732. The summed E-state index contributed by atoms with van der Waals surface area (Å²) in [6.07, 6.45) is 2.03. The molecule has 114 valence electrons. The molecule has 2 fully saturated rings. The molecule has 1 heterocycles. The Hall–Kier alpha value is -1.10. The lowest BCUT2D eigenvalue weighted by atomic mass is 9.87. The van der Waals surface area contributed by atoms with Crippen LogP contribution in [0.25, 0.3) is 0 Å². The average Bonchev–Trinajstić information content (AvgIpc) is 3.20. The van der Waals surface area contributed by atoms with Gasteiger partial charge < -0.3 is 15.0 Å². The summed E-state index contributed by atoms with van der Waals surface area (Å²) in [5.74, 6) is 0.517. The van der Waals surface area contributed by atoms with Gasteiger partial charge in [-0.3, -0.25) is 9.59 Å². The molecule has 3 unspecified atom stereocenters. The normalized spacial score (nSPS) is 32.5. The summed E-state index contributed by atoms with van der Waals surface area (Å²) < 4.78 is 5.27. The summed E-state index contributed by atoms with van der Waals surface area (Å²) in [7, 11) is 1.63. The van der Waals surface area contributed by atoms with Crippen molar-refractivity contribution in [3.05, 3.63) is 0 Å². The van der Waals surface area contributed by atoms with E-state index in [1.54, 1.807) is 18.9 Å². The van der Waals surface area contributed by atoms with Crippen LogP contribution in [0.5, 0.6) is 0 Å². The Morgan fingerprint density at radius 3 is 2.45 bits per heavy atom. The highest BCUT2D eigenvalue weighted by Gasteiger charge is 2.55. The molecule has 0 spiro atoms. The average molecular weight is 282 g/mol. The van der Waals surface area contributed by atoms with E-state index in [4.69, 9.17) is 4.74 Å². The van der Waals surface area contributed by atoms with Crippen LogP contribution < -0.4 is 5.32 Å². The fourth-order valence-electron chi connectivity index (χ4n) is 3.12. The van der Waals surface area contributed by atoms with Gasteiger partial charge in [-0.2, -0.15) is 0 Å². The lowest BCUT2D eigenvalue weighted by Gasteiger charge is -2.47. The number of amides is 2. The molecule has 5 nitrogen and oxygen atoms in total. The second-order valence-electron chi connectivity index (χ2n) is 6.62. The van der Waals surface area contributed by atoms with Gasteiger partial charge in [0, 0.05) is 7.11 Å². The monoisotopic (exact) mass is 282 g/mol. The summed E-state index contributed by atoms with van der Waals surface area (Å²) in [6, 6.07) is -0.497. The first-order valence-electron chi connectivity index (χ1n) is 7.46. The van der Waals surface area contributed by atoms with E-state index < -0.39 is 11.6 Å². The molecule has 1 aliphatic heterocycles. The third-order valence-electron chi connectivity index (χ3n) is 4.72. The highest BCUT2D eigenvalue weighted by molar-refractivity contribution is 6.00. The lowest BCUT2D eigenvalue weighted by molar-refractivity contribution is -0.160. The predicted octanol–water partition coefficient (Wildman–Crippen LogP) is 1.17. The number of carbonyl (C=O) groups is 2. The van der Waals surface area contributed by atoms with Crippen LogP contribution in [0.15, 0.2) is 0 Å². The number of methoxy groups -OCH3 is 1. The highest BCUT2D eigenvalue weighted by atomic mass is 16.5. The zero-order valence-electron chi connectivity index (χ0n) is 13.1. The van der Waals surface area contributed by atoms with Gasteiger partial charge >= 0.3 is 0 Å². The van der Waals surface area contributed by atoms with E-state index in [9.17, 15) is 9.59 Å². The number of rotatable bonds is 5. The Kier molecular flexibility index (Phi) is 4.09. The zero-order valence-corrected chi connectivity index (χ0v) is 13.1. The molecule has 0 aromatic carbocycles. The fourth-order valence-corrected chi connectivity index (χ4v) is 3.12. The first-order valence-corrected chi connectivity index (χ1v) is 7.46. The quantitative estimate of drug-likeness (QED) is 0.823. The third-order valence-corrected chi connectivity index (χ3v) is 4.72. The first kappa shape index (κ1) is 15.3. The second-order valence-corrected chi connectivity index (χ2v) is 6.62. The minimum Gasteiger partial charge on any atom is -0.383 e. The van der Waals surface area contributed by atoms with Gasteiger partial charge in [0.2, 0.25) is 11.8 Å². The molecule has 0 bridgehead atoms. The summed E-state index contributed by atoms with van der Waals surface area (Å²) >= 11 is 0. The molecule has 2 rings (SSSR count).